The fourth-order valence-corrected chi connectivity index (χ4v) is 3.38. The van der Waals surface area contributed by atoms with Crippen LogP contribution in [0.2, 0.25) is 0 Å². The molecule has 0 radical (unpaired) electrons. The smallest absolute Gasteiger partial charge is 0.255 e. The molecular formula is C24H21NO3. The molecule has 0 aliphatic carbocycles. The van der Waals surface area contributed by atoms with Crippen LogP contribution in [0, 0.1) is 0 Å². The second kappa shape index (κ2) is 6.97. The SMILES string of the molecule is CC1(C)CC(=O)c2cc(NC(=O)c3ccc(-c4ccccc4)cc3)ccc2O1. The lowest BCUT2D eigenvalue weighted by atomic mass is 9.93. The third-order valence-electron chi connectivity index (χ3n) is 4.76. The first-order valence-corrected chi connectivity index (χ1v) is 9.24. The highest BCUT2D eigenvalue weighted by atomic mass is 16.5. The molecule has 28 heavy (non-hydrogen) atoms. The van der Waals surface area contributed by atoms with Gasteiger partial charge in [-0.1, -0.05) is 42.5 Å². The zero-order chi connectivity index (χ0) is 19.7. The van der Waals surface area contributed by atoms with Gasteiger partial charge in [-0.05, 0) is 55.3 Å². The summed E-state index contributed by atoms with van der Waals surface area (Å²) in [6.07, 6.45) is 0.318. The van der Waals surface area contributed by atoms with Crippen LogP contribution in [-0.2, 0) is 0 Å². The Balaban J connectivity index is 1.51. The van der Waals surface area contributed by atoms with E-state index < -0.39 is 5.60 Å². The highest BCUT2D eigenvalue weighted by Crippen LogP contribution is 2.34. The molecule has 0 saturated carbocycles. The molecule has 0 unspecified atom stereocenters. The molecule has 1 heterocycles. The largest absolute Gasteiger partial charge is 0.487 e. The van der Waals surface area contributed by atoms with E-state index in [1.54, 1.807) is 30.3 Å². The van der Waals surface area contributed by atoms with E-state index in [4.69, 9.17) is 4.74 Å². The minimum Gasteiger partial charge on any atom is -0.487 e. The molecule has 0 aromatic heterocycles. The summed E-state index contributed by atoms with van der Waals surface area (Å²) in [4.78, 5) is 25.0. The van der Waals surface area contributed by atoms with Crippen molar-refractivity contribution in [2.24, 2.45) is 0 Å². The Morgan fingerprint density at radius 3 is 2.32 bits per heavy atom. The van der Waals surface area contributed by atoms with Crippen molar-refractivity contribution >= 4 is 17.4 Å². The molecule has 3 aromatic carbocycles. The molecule has 4 nitrogen and oxygen atoms in total. The second-order valence-corrected chi connectivity index (χ2v) is 7.57. The predicted molar refractivity (Wildman–Crippen MR) is 110 cm³/mol. The van der Waals surface area contributed by atoms with Crippen LogP contribution in [0.4, 0.5) is 5.69 Å². The van der Waals surface area contributed by atoms with Crippen LogP contribution < -0.4 is 10.1 Å². The van der Waals surface area contributed by atoms with Crippen molar-refractivity contribution in [3.8, 4) is 16.9 Å². The van der Waals surface area contributed by atoms with E-state index >= 15 is 0 Å². The Hall–Kier alpha value is -3.40. The number of anilines is 1. The van der Waals surface area contributed by atoms with Crippen LogP contribution >= 0.6 is 0 Å². The van der Waals surface area contributed by atoms with Gasteiger partial charge in [0.2, 0.25) is 0 Å². The number of carbonyl (C=O) groups is 2. The third-order valence-corrected chi connectivity index (χ3v) is 4.76. The summed E-state index contributed by atoms with van der Waals surface area (Å²) in [7, 11) is 0. The van der Waals surface area contributed by atoms with Gasteiger partial charge < -0.3 is 10.1 Å². The van der Waals surface area contributed by atoms with E-state index in [9.17, 15) is 9.59 Å². The molecule has 4 rings (SSSR count). The summed E-state index contributed by atoms with van der Waals surface area (Å²) < 4.78 is 5.86. The molecular weight excluding hydrogens is 350 g/mol. The van der Waals surface area contributed by atoms with Crippen LogP contribution in [-0.4, -0.2) is 17.3 Å². The van der Waals surface area contributed by atoms with Gasteiger partial charge in [0.05, 0.1) is 12.0 Å². The maximum absolute atomic E-state index is 12.6. The Bertz CT molecular complexity index is 1040. The van der Waals surface area contributed by atoms with Gasteiger partial charge in [0, 0.05) is 11.3 Å². The van der Waals surface area contributed by atoms with Gasteiger partial charge in [-0.15, -0.1) is 0 Å². The highest BCUT2D eigenvalue weighted by Gasteiger charge is 2.32. The maximum atomic E-state index is 12.6. The summed E-state index contributed by atoms with van der Waals surface area (Å²) in [5.74, 6) is 0.366. The molecule has 1 N–H and O–H groups in total. The molecule has 0 spiro atoms. The molecule has 1 amide bonds. The summed E-state index contributed by atoms with van der Waals surface area (Å²) in [5.41, 5.74) is 3.29. The fourth-order valence-electron chi connectivity index (χ4n) is 3.38. The molecule has 1 aliphatic heterocycles. The Morgan fingerprint density at radius 2 is 1.61 bits per heavy atom. The molecule has 0 saturated heterocycles. The Morgan fingerprint density at radius 1 is 0.929 bits per heavy atom. The van der Waals surface area contributed by atoms with Crippen molar-refractivity contribution < 1.29 is 14.3 Å². The standard InChI is InChI=1S/C24H21NO3/c1-24(2)15-21(26)20-14-19(12-13-22(20)28-24)25-23(27)18-10-8-17(9-11-18)16-6-4-3-5-7-16/h3-14H,15H2,1-2H3,(H,25,27). The normalized spacial score (nSPS) is 14.7. The highest BCUT2D eigenvalue weighted by molar-refractivity contribution is 6.06. The van der Waals surface area contributed by atoms with Crippen molar-refractivity contribution in [1.29, 1.82) is 0 Å². The molecule has 0 bridgehead atoms. The van der Waals surface area contributed by atoms with E-state index in [2.05, 4.69) is 5.32 Å². The number of hydrogen-bond acceptors (Lipinski definition) is 3. The number of rotatable bonds is 3. The Labute approximate surface area is 164 Å². The average Bonchev–Trinajstić information content (AvgIpc) is 2.68. The first-order chi connectivity index (χ1) is 13.4. The molecule has 1 aliphatic rings. The molecule has 0 fully saturated rings. The van der Waals surface area contributed by atoms with E-state index in [0.717, 1.165) is 11.1 Å². The second-order valence-electron chi connectivity index (χ2n) is 7.57. The molecule has 4 heteroatoms. The van der Waals surface area contributed by atoms with Crippen LogP contribution in [0.25, 0.3) is 11.1 Å². The van der Waals surface area contributed by atoms with Crippen molar-refractivity contribution in [3.05, 3.63) is 83.9 Å². The molecule has 0 atom stereocenters. The monoisotopic (exact) mass is 371 g/mol. The van der Waals surface area contributed by atoms with Crippen LogP contribution in [0.3, 0.4) is 0 Å². The number of hydrogen-bond donors (Lipinski definition) is 1. The first kappa shape index (κ1) is 18.0. The lowest BCUT2D eigenvalue weighted by Gasteiger charge is -2.31. The van der Waals surface area contributed by atoms with Crippen molar-refractivity contribution in [2.45, 2.75) is 25.9 Å². The zero-order valence-corrected chi connectivity index (χ0v) is 15.9. The van der Waals surface area contributed by atoms with E-state index in [1.807, 2.05) is 56.3 Å². The van der Waals surface area contributed by atoms with Gasteiger partial charge in [0.1, 0.15) is 11.4 Å². The lowest BCUT2D eigenvalue weighted by molar-refractivity contribution is 0.0620. The van der Waals surface area contributed by atoms with Gasteiger partial charge in [0.15, 0.2) is 5.78 Å². The third kappa shape index (κ3) is 3.67. The van der Waals surface area contributed by atoms with Gasteiger partial charge in [0.25, 0.3) is 5.91 Å². The molecule has 3 aromatic rings. The number of ether oxygens (including phenoxy) is 1. The van der Waals surface area contributed by atoms with Crippen LogP contribution in [0.1, 0.15) is 41.0 Å². The summed E-state index contributed by atoms with van der Waals surface area (Å²) in [6, 6.07) is 22.6. The fraction of sp³-hybridized carbons (Fsp3) is 0.167. The maximum Gasteiger partial charge on any atom is 0.255 e. The number of amides is 1. The Kier molecular flexibility index (Phi) is 4.47. The van der Waals surface area contributed by atoms with Crippen LogP contribution in [0.15, 0.2) is 72.8 Å². The van der Waals surface area contributed by atoms with Crippen molar-refractivity contribution in [1.82, 2.24) is 0 Å². The molecule has 140 valence electrons. The van der Waals surface area contributed by atoms with Gasteiger partial charge in [-0.25, -0.2) is 0 Å². The summed E-state index contributed by atoms with van der Waals surface area (Å²) in [5, 5.41) is 2.86. The summed E-state index contributed by atoms with van der Waals surface area (Å²) >= 11 is 0. The van der Waals surface area contributed by atoms with Crippen LogP contribution in [0.5, 0.6) is 5.75 Å². The number of ketones is 1. The van der Waals surface area contributed by atoms with E-state index in [-0.39, 0.29) is 11.7 Å². The lowest BCUT2D eigenvalue weighted by Crippen LogP contribution is -2.35. The topological polar surface area (TPSA) is 55.4 Å². The summed E-state index contributed by atoms with van der Waals surface area (Å²) in [6.45, 7) is 3.78. The van der Waals surface area contributed by atoms with Gasteiger partial charge in [-0.3, -0.25) is 9.59 Å². The number of benzene rings is 3. The average molecular weight is 371 g/mol. The van der Waals surface area contributed by atoms with E-state index in [0.29, 0.717) is 29.0 Å². The number of Topliss-reactive ketones (excluding diaryl/α,β-unsaturated/α-hetero) is 1. The first-order valence-electron chi connectivity index (χ1n) is 9.24. The van der Waals surface area contributed by atoms with Crippen molar-refractivity contribution in [3.63, 3.8) is 0 Å². The van der Waals surface area contributed by atoms with Gasteiger partial charge >= 0.3 is 0 Å². The number of carbonyl (C=O) groups excluding carboxylic acids is 2. The zero-order valence-electron chi connectivity index (χ0n) is 15.9. The predicted octanol–water partition coefficient (Wildman–Crippen LogP) is 5.35. The minimum atomic E-state index is -0.505. The quantitative estimate of drug-likeness (QED) is 0.675. The number of nitrogens with one attached hydrogen (secondary N) is 1. The minimum absolute atomic E-state index is 0.0227. The van der Waals surface area contributed by atoms with E-state index in [1.165, 1.54) is 0 Å². The van der Waals surface area contributed by atoms with Gasteiger partial charge in [-0.2, -0.15) is 0 Å². The number of fused-ring (bicyclic) bond motifs is 1. The van der Waals surface area contributed by atoms with Crippen molar-refractivity contribution in [2.75, 3.05) is 5.32 Å².